The minimum absolute atomic E-state index is 0.0663. The first kappa shape index (κ1) is 20.5. The number of thioether (sulfide) groups is 1. The molecule has 0 aromatic heterocycles. The molecule has 0 spiro atoms. The zero-order valence-corrected chi connectivity index (χ0v) is 15.4. The number of alkyl halides is 3. The third kappa shape index (κ3) is 6.13. The summed E-state index contributed by atoms with van der Waals surface area (Å²) < 4.78 is 45.7. The molecule has 2 heterocycles. The van der Waals surface area contributed by atoms with Crippen LogP contribution in [0, 0.1) is 0 Å². The molecular formula is C17H18F3N3O4S. The molecule has 0 bridgehead atoms. The molecule has 11 heteroatoms. The smallest absolute Gasteiger partial charge is 0.406 e. The van der Waals surface area contributed by atoms with Crippen LogP contribution in [0.15, 0.2) is 29.3 Å². The van der Waals surface area contributed by atoms with E-state index in [-0.39, 0.29) is 24.2 Å². The summed E-state index contributed by atoms with van der Waals surface area (Å²) in [6.45, 7) is 1.19. The van der Waals surface area contributed by atoms with Gasteiger partial charge in [0.15, 0.2) is 5.17 Å². The minimum atomic E-state index is -4.78. The van der Waals surface area contributed by atoms with Gasteiger partial charge in [-0.25, -0.2) is 0 Å². The van der Waals surface area contributed by atoms with E-state index in [9.17, 15) is 22.8 Å². The van der Waals surface area contributed by atoms with Crippen LogP contribution in [0.5, 0.6) is 5.75 Å². The summed E-state index contributed by atoms with van der Waals surface area (Å²) in [5, 5.41) is 5.03. The van der Waals surface area contributed by atoms with Gasteiger partial charge in [0.25, 0.3) is 0 Å². The Balaban J connectivity index is 1.47. The van der Waals surface area contributed by atoms with Crippen LogP contribution in [-0.4, -0.2) is 47.8 Å². The molecule has 2 aliphatic heterocycles. The Morgan fingerprint density at radius 3 is 2.75 bits per heavy atom. The van der Waals surface area contributed by atoms with E-state index in [1.165, 1.54) is 23.9 Å². The number of amidine groups is 1. The van der Waals surface area contributed by atoms with Gasteiger partial charge in [0, 0.05) is 18.7 Å². The predicted octanol–water partition coefficient (Wildman–Crippen LogP) is 2.68. The Morgan fingerprint density at radius 2 is 2.11 bits per heavy atom. The summed E-state index contributed by atoms with van der Waals surface area (Å²) in [4.78, 5) is 28.4. The van der Waals surface area contributed by atoms with Crippen molar-refractivity contribution in [3.63, 3.8) is 0 Å². The average molecular weight is 417 g/mol. The molecule has 7 nitrogen and oxygen atoms in total. The van der Waals surface area contributed by atoms with Gasteiger partial charge in [0.1, 0.15) is 11.0 Å². The van der Waals surface area contributed by atoms with Crippen molar-refractivity contribution >= 4 is 34.4 Å². The summed E-state index contributed by atoms with van der Waals surface area (Å²) in [7, 11) is 0. The number of anilines is 1. The fourth-order valence-corrected chi connectivity index (χ4v) is 3.69. The number of nitrogens with zero attached hydrogens (tertiary/aromatic N) is 1. The summed E-state index contributed by atoms with van der Waals surface area (Å²) >= 11 is 1.18. The molecule has 0 radical (unpaired) electrons. The van der Waals surface area contributed by atoms with Gasteiger partial charge in [-0.2, -0.15) is 0 Å². The third-order valence-corrected chi connectivity index (χ3v) is 5.10. The number of hydrogen-bond donors (Lipinski definition) is 2. The lowest BCUT2D eigenvalue weighted by Crippen LogP contribution is -2.28. The van der Waals surface area contributed by atoms with Crippen molar-refractivity contribution in [2.75, 3.05) is 18.5 Å². The van der Waals surface area contributed by atoms with Crippen LogP contribution in [-0.2, 0) is 14.3 Å². The van der Waals surface area contributed by atoms with Crippen molar-refractivity contribution in [1.29, 1.82) is 0 Å². The van der Waals surface area contributed by atoms with Crippen LogP contribution < -0.4 is 15.4 Å². The van der Waals surface area contributed by atoms with Gasteiger partial charge >= 0.3 is 6.36 Å². The van der Waals surface area contributed by atoms with Gasteiger partial charge in [0.05, 0.1) is 12.6 Å². The lowest BCUT2D eigenvalue weighted by molar-refractivity contribution is -0.274. The highest BCUT2D eigenvalue weighted by molar-refractivity contribution is 8.15. The highest BCUT2D eigenvalue weighted by atomic mass is 32.2. The molecule has 1 aromatic carbocycles. The van der Waals surface area contributed by atoms with E-state index in [1.807, 2.05) is 0 Å². The van der Waals surface area contributed by atoms with Crippen LogP contribution in [0.1, 0.15) is 19.3 Å². The summed E-state index contributed by atoms with van der Waals surface area (Å²) in [6, 6.07) is 4.76. The van der Waals surface area contributed by atoms with E-state index < -0.39 is 17.5 Å². The molecule has 152 valence electrons. The number of carbonyl (C=O) groups excluding carboxylic acids is 2. The first-order valence-electron chi connectivity index (χ1n) is 8.58. The number of carbonyl (C=O) groups is 2. The molecule has 2 fully saturated rings. The lowest BCUT2D eigenvalue weighted by atomic mass is 10.2. The maximum atomic E-state index is 12.1. The average Bonchev–Trinajstić information content (AvgIpc) is 3.24. The first-order valence-corrected chi connectivity index (χ1v) is 9.46. The Kier molecular flexibility index (Phi) is 6.45. The van der Waals surface area contributed by atoms with E-state index in [0.29, 0.717) is 17.4 Å². The van der Waals surface area contributed by atoms with Crippen molar-refractivity contribution in [3.05, 3.63) is 24.3 Å². The molecule has 2 saturated heterocycles. The van der Waals surface area contributed by atoms with Crippen LogP contribution in [0.25, 0.3) is 0 Å². The second-order valence-electron chi connectivity index (χ2n) is 6.20. The fraction of sp³-hybridized carbons (Fsp3) is 0.471. The van der Waals surface area contributed by atoms with Gasteiger partial charge in [-0.3, -0.25) is 14.6 Å². The molecule has 2 amide bonds. The molecule has 28 heavy (non-hydrogen) atoms. The largest absolute Gasteiger partial charge is 0.573 e. The van der Waals surface area contributed by atoms with Gasteiger partial charge in [0.2, 0.25) is 11.8 Å². The van der Waals surface area contributed by atoms with E-state index in [4.69, 9.17) is 4.74 Å². The number of aliphatic imine (C=N–C) groups is 1. The highest BCUT2D eigenvalue weighted by Crippen LogP contribution is 2.26. The summed E-state index contributed by atoms with van der Waals surface area (Å²) in [5.41, 5.74) is 0.301. The lowest BCUT2D eigenvalue weighted by Gasteiger charge is -2.10. The predicted molar refractivity (Wildman–Crippen MR) is 97.2 cm³/mol. The van der Waals surface area contributed by atoms with Crippen LogP contribution in [0.2, 0.25) is 0 Å². The van der Waals surface area contributed by atoms with Crippen LogP contribution in [0.3, 0.4) is 0 Å². The number of rotatable bonds is 6. The Hall–Kier alpha value is -2.27. The molecule has 0 unspecified atom stereocenters. The van der Waals surface area contributed by atoms with Gasteiger partial charge < -0.3 is 20.1 Å². The van der Waals surface area contributed by atoms with E-state index in [2.05, 4.69) is 20.4 Å². The second kappa shape index (κ2) is 8.82. The zero-order valence-electron chi connectivity index (χ0n) is 14.6. The Bertz CT molecular complexity index is 749. The van der Waals surface area contributed by atoms with Crippen molar-refractivity contribution in [2.24, 2.45) is 4.99 Å². The molecule has 1 aromatic rings. The van der Waals surface area contributed by atoms with Crippen molar-refractivity contribution in [2.45, 2.75) is 37.0 Å². The number of nitrogens with one attached hydrogen (secondary N) is 2. The maximum absolute atomic E-state index is 12.1. The number of hydrogen-bond acceptors (Lipinski definition) is 6. The molecule has 0 saturated carbocycles. The van der Waals surface area contributed by atoms with Gasteiger partial charge in [-0.1, -0.05) is 11.8 Å². The third-order valence-electron chi connectivity index (χ3n) is 3.98. The normalized spacial score (nSPS) is 23.7. The van der Waals surface area contributed by atoms with Crippen LogP contribution in [0.4, 0.5) is 18.9 Å². The topological polar surface area (TPSA) is 89.0 Å². The van der Waals surface area contributed by atoms with Crippen LogP contribution >= 0.6 is 11.8 Å². The van der Waals surface area contributed by atoms with Gasteiger partial charge in [-0.05, 0) is 37.1 Å². The summed E-state index contributed by atoms with van der Waals surface area (Å²) in [5.74, 6) is -1.12. The molecule has 2 aliphatic rings. The highest BCUT2D eigenvalue weighted by Gasteiger charge is 2.33. The first-order chi connectivity index (χ1) is 13.3. The molecule has 3 rings (SSSR count). The molecule has 0 aliphatic carbocycles. The zero-order chi connectivity index (χ0) is 20.1. The minimum Gasteiger partial charge on any atom is -0.406 e. The quantitative estimate of drug-likeness (QED) is 0.743. The Labute approximate surface area is 163 Å². The SMILES string of the molecule is O=C(C[C@@H]1SC(=NC[C@H]2CCCO2)NC1=O)Nc1ccc(OC(F)(F)F)cc1. The van der Waals surface area contributed by atoms with E-state index in [0.717, 1.165) is 31.6 Å². The number of ether oxygens (including phenoxy) is 2. The maximum Gasteiger partial charge on any atom is 0.573 e. The second-order valence-corrected chi connectivity index (χ2v) is 7.39. The van der Waals surface area contributed by atoms with Crippen molar-refractivity contribution in [1.82, 2.24) is 5.32 Å². The van der Waals surface area contributed by atoms with Crippen molar-refractivity contribution < 1.29 is 32.2 Å². The van der Waals surface area contributed by atoms with E-state index >= 15 is 0 Å². The molecule has 2 atom stereocenters. The summed E-state index contributed by atoms with van der Waals surface area (Å²) in [6.07, 6.45) is -2.86. The number of halogens is 3. The van der Waals surface area contributed by atoms with Crippen molar-refractivity contribution in [3.8, 4) is 5.75 Å². The standard InChI is InChI=1S/C17H18F3N3O4S/c18-17(19,20)27-11-5-3-10(4-6-11)22-14(24)8-13-15(25)23-16(28-13)21-9-12-2-1-7-26-12/h3-6,12-13H,1-2,7-9H2,(H,22,24)(H,21,23,25)/t12-,13+/m1/s1. The Morgan fingerprint density at radius 1 is 1.36 bits per heavy atom. The van der Waals surface area contributed by atoms with Gasteiger partial charge in [-0.15, -0.1) is 13.2 Å². The number of amides is 2. The monoisotopic (exact) mass is 417 g/mol. The van der Waals surface area contributed by atoms with E-state index in [1.54, 1.807) is 0 Å². The molecular weight excluding hydrogens is 399 g/mol. The fourth-order valence-electron chi connectivity index (χ4n) is 2.71. The number of benzene rings is 1. The molecule has 2 N–H and O–H groups in total.